The van der Waals surface area contributed by atoms with E-state index >= 15 is 0 Å². The van der Waals surface area contributed by atoms with Gasteiger partial charge in [0.1, 0.15) is 5.75 Å². The molecule has 11 nitrogen and oxygen atoms in total. The summed E-state index contributed by atoms with van der Waals surface area (Å²) in [5.74, 6) is 1.49. The summed E-state index contributed by atoms with van der Waals surface area (Å²) in [4.78, 5) is 25.8. The number of hydrogen-bond donors (Lipinski definition) is 1. The fourth-order valence-electron chi connectivity index (χ4n) is 3.74. The molecule has 12 heteroatoms. The van der Waals surface area contributed by atoms with Gasteiger partial charge >= 0.3 is 0 Å². The minimum Gasteiger partial charge on any atom is -0.497 e. The van der Waals surface area contributed by atoms with Crippen LogP contribution in [-0.2, 0) is 10.0 Å². The Morgan fingerprint density at radius 1 is 0.861 bits per heavy atom. The molecule has 3 aromatic rings. The van der Waals surface area contributed by atoms with Crippen molar-refractivity contribution in [3.63, 3.8) is 0 Å². The third-order valence-corrected chi connectivity index (χ3v) is 7.09. The fraction of sp³-hybridized carbons (Fsp3) is 0.292. The monoisotopic (exact) mass is 513 g/mol. The van der Waals surface area contributed by atoms with Crippen molar-refractivity contribution in [3.05, 3.63) is 60.2 Å². The Hall–Kier alpha value is -4.06. The van der Waals surface area contributed by atoms with Crippen molar-refractivity contribution in [3.8, 4) is 17.5 Å². The summed E-state index contributed by atoms with van der Waals surface area (Å²) in [5, 5.41) is 0. The van der Waals surface area contributed by atoms with E-state index in [2.05, 4.69) is 14.7 Å². The third kappa shape index (κ3) is 5.43. The quantitative estimate of drug-likeness (QED) is 0.483. The number of para-hydroxylation sites is 1. The van der Waals surface area contributed by atoms with Gasteiger partial charge in [0.15, 0.2) is 0 Å². The molecular weight excluding hydrogens is 486 g/mol. The highest BCUT2D eigenvalue weighted by Crippen LogP contribution is 2.25. The first-order valence-corrected chi connectivity index (χ1v) is 12.6. The molecule has 1 aliphatic heterocycles. The van der Waals surface area contributed by atoms with E-state index < -0.39 is 10.0 Å². The molecule has 190 valence electrons. The number of amides is 1. The highest BCUT2D eigenvalue weighted by Gasteiger charge is 2.27. The normalized spacial score (nSPS) is 13.8. The average molecular weight is 514 g/mol. The van der Waals surface area contributed by atoms with Crippen LogP contribution >= 0.6 is 0 Å². The molecule has 4 rings (SSSR count). The number of piperazine rings is 1. The summed E-state index contributed by atoms with van der Waals surface area (Å²) in [5.41, 5.74) is 0.476. The maximum Gasteiger partial charge on any atom is 0.261 e. The van der Waals surface area contributed by atoms with Crippen molar-refractivity contribution in [1.29, 1.82) is 0 Å². The number of rotatable bonds is 8. The van der Waals surface area contributed by atoms with E-state index in [1.54, 1.807) is 47.4 Å². The van der Waals surface area contributed by atoms with Crippen LogP contribution in [-0.4, -0.2) is 76.7 Å². The second-order valence-electron chi connectivity index (χ2n) is 7.86. The molecule has 0 bridgehead atoms. The van der Waals surface area contributed by atoms with Crippen LogP contribution in [0.15, 0.2) is 59.5 Å². The summed E-state index contributed by atoms with van der Waals surface area (Å²) in [6.45, 7) is 1.78. The number of hydrogen-bond acceptors (Lipinski definition) is 9. The molecular formula is C24H27N5O6S. The smallest absolute Gasteiger partial charge is 0.261 e. The molecule has 1 amide bonds. The zero-order chi connectivity index (χ0) is 25.7. The van der Waals surface area contributed by atoms with E-state index in [1.807, 2.05) is 4.90 Å². The molecule has 36 heavy (non-hydrogen) atoms. The first-order chi connectivity index (χ1) is 17.3. The average Bonchev–Trinajstić information content (AvgIpc) is 2.92. The van der Waals surface area contributed by atoms with Gasteiger partial charge in [-0.3, -0.25) is 9.52 Å². The standard InChI is InChI=1S/C24H27N5O6S/c1-33-17-8-10-18(11-9-17)36(31,32)27-20-7-5-4-6-19(20)23(30)28-12-14-29(15-13-28)24-25-21(34-2)16-22(26-24)35-3/h4-11,16,27H,12-15H2,1-3H3. The van der Waals surface area contributed by atoms with E-state index in [0.29, 0.717) is 49.6 Å². The van der Waals surface area contributed by atoms with Crippen molar-refractivity contribution in [1.82, 2.24) is 14.9 Å². The van der Waals surface area contributed by atoms with Gasteiger partial charge in [-0.25, -0.2) is 8.42 Å². The zero-order valence-corrected chi connectivity index (χ0v) is 21.0. The molecule has 0 saturated carbocycles. The van der Waals surface area contributed by atoms with Gasteiger partial charge in [0.05, 0.1) is 43.5 Å². The number of methoxy groups -OCH3 is 3. The number of benzene rings is 2. The second-order valence-corrected chi connectivity index (χ2v) is 9.54. The maximum atomic E-state index is 13.4. The summed E-state index contributed by atoms with van der Waals surface area (Å²) < 4.78 is 43.9. The van der Waals surface area contributed by atoms with E-state index in [0.717, 1.165) is 0 Å². The minimum atomic E-state index is -3.91. The van der Waals surface area contributed by atoms with Gasteiger partial charge in [0.2, 0.25) is 17.7 Å². The predicted octanol–water partition coefficient (Wildman–Crippen LogP) is 2.27. The Morgan fingerprint density at radius 2 is 1.47 bits per heavy atom. The van der Waals surface area contributed by atoms with Crippen molar-refractivity contribution in [2.75, 3.05) is 57.1 Å². The van der Waals surface area contributed by atoms with E-state index in [9.17, 15) is 13.2 Å². The molecule has 1 fully saturated rings. The molecule has 0 radical (unpaired) electrons. The lowest BCUT2D eigenvalue weighted by atomic mass is 10.1. The van der Waals surface area contributed by atoms with Gasteiger partial charge in [-0.05, 0) is 36.4 Å². The van der Waals surface area contributed by atoms with Crippen LogP contribution < -0.4 is 23.8 Å². The molecule has 1 aliphatic rings. The largest absolute Gasteiger partial charge is 0.497 e. The second kappa shape index (κ2) is 10.7. The lowest BCUT2D eigenvalue weighted by Gasteiger charge is -2.35. The van der Waals surface area contributed by atoms with Crippen molar-refractivity contribution < 1.29 is 27.4 Å². The van der Waals surface area contributed by atoms with Gasteiger partial charge in [-0.1, -0.05) is 12.1 Å². The van der Waals surface area contributed by atoms with Gasteiger partial charge in [0, 0.05) is 26.2 Å². The van der Waals surface area contributed by atoms with E-state index in [-0.39, 0.29) is 22.1 Å². The highest BCUT2D eigenvalue weighted by atomic mass is 32.2. The first-order valence-electron chi connectivity index (χ1n) is 11.1. The molecule has 1 N–H and O–H groups in total. The van der Waals surface area contributed by atoms with E-state index in [4.69, 9.17) is 14.2 Å². The molecule has 0 unspecified atom stereocenters. The molecule has 1 aromatic heterocycles. The predicted molar refractivity (Wildman–Crippen MR) is 133 cm³/mol. The molecule has 0 spiro atoms. The number of aromatic nitrogens is 2. The van der Waals surface area contributed by atoms with Crippen molar-refractivity contribution in [2.24, 2.45) is 0 Å². The number of nitrogens with one attached hydrogen (secondary N) is 1. The summed E-state index contributed by atoms with van der Waals surface area (Å²) in [7, 11) is 0.629. The maximum absolute atomic E-state index is 13.4. The zero-order valence-electron chi connectivity index (χ0n) is 20.2. The van der Waals surface area contributed by atoms with Gasteiger partial charge in [-0.15, -0.1) is 0 Å². The number of carbonyl (C=O) groups excluding carboxylic acids is 1. The number of carbonyl (C=O) groups is 1. The van der Waals surface area contributed by atoms with Crippen LogP contribution in [0.4, 0.5) is 11.6 Å². The summed E-state index contributed by atoms with van der Waals surface area (Å²) in [6.07, 6.45) is 0. The minimum absolute atomic E-state index is 0.0629. The Morgan fingerprint density at radius 3 is 2.06 bits per heavy atom. The Kier molecular flexibility index (Phi) is 7.44. The Labute approximate surface area is 209 Å². The van der Waals surface area contributed by atoms with Crippen LogP contribution in [0.25, 0.3) is 0 Å². The lowest BCUT2D eigenvalue weighted by Crippen LogP contribution is -2.49. The van der Waals surface area contributed by atoms with Crippen LogP contribution in [0, 0.1) is 0 Å². The highest BCUT2D eigenvalue weighted by molar-refractivity contribution is 7.92. The number of sulfonamides is 1. The number of nitrogens with zero attached hydrogens (tertiary/aromatic N) is 4. The lowest BCUT2D eigenvalue weighted by molar-refractivity contribution is 0.0747. The SMILES string of the molecule is COc1ccc(S(=O)(=O)Nc2ccccc2C(=O)N2CCN(c3nc(OC)cc(OC)n3)CC2)cc1. The molecule has 1 saturated heterocycles. The Bertz CT molecular complexity index is 1300. The van der Waals surface area contributed by atoms with Crippen LogP contribution in [0.2, 0.25) is 0 Å². The topological polar surface area (TPSA) is 123 Å². The van der Waals surface area contributed by atoms with Crippen LogP contribution in [0.3, 0.4) is 0 Å². The molecule has 2 heterocycles. The van der Waals surface area contributed by atoms with Crippen LogP contribution in [0.1, 0.15) is 10.4 Å². The summed E-state index contributed by atoms with van der Waals surface area (Å²) >= 11 is 0. The van der Waals surface area contributed by atoms with Crippen LogP contribution in [0.5, 0.6) is 17.5 Å². The summed E-state index contributed by atoms with van der Waals surface area (Å²) in [6, 6.07) is 14.2. The number of ether oxygens (including phenoxy) is 3. The third-order valence-electron chi connectivity index (χ3n) is 5.71. The van der Waals surface area contributed by atoms with Crippen molar-refractivity contribution in [2.45, 2.75) is 4.90 Å². The van der Waals surface area contributed by atoms with Gasteiger partial charge < -0.3 is 24.0 Å². The molecule has 0 aliphatic carbocycles. The molecule has 2 aromatic carbocycles. The Balaban J connectivity index is 1.48. The van der Waals surface area contributed by atoms with Gasteiger partial charge in [0.25, 0.3) is 15.9 Å². The first kappa shape index (κ1) is 25.0. The molecule has 0 atom stereocenters. The van der Waals surface area contributed by atoms with Gasteiger partial charge in [-0.2, -0.15) is 9.97 Å². The van der Waals surface area contributed by atoms with E-state index in [1.165, 1.54) is 33.5 Å². The van der Waals surface area contributed by atoms with Crippen molar-refractivity contribution >= 4 is 27.6 Å². The fourth-order valence-corrected chi connectivity index (χ4v) is 4.82. The number of anilines is 2.